The third-order valence-electron chi connectivity index (χ3n) is 6.11. The molecule has 0 bridgehead atoms. The number of nitrogens with zero attached hydrogens (tertiary/aromatic N) is 1. The molecule has 1 aliphatic carbocycles. The lowest BCUT2D eigenvalue weighted by Crippen LogP contribution is -2.43. The van der Waals surface area contributed by atoms with Gasteiger partial charge in [0.25, 0.3) is 0 Å². The number of carboxylic acids is 1. The molecule has 0 aromatic heterocycles. The van der Waals surface area contributed by atoms with Crippen LogP contribution in [0.1, 0.15) is 24.8 Å². The summed E-state index contributed by atoms with van der Waals surface area (Å²) in [5.41, 5.74) is 1.33. The van der Waals surface area contributed by atoms with Crippen molar-refractivity contribution in [2.75, 3.05) is 33.4 Å². The first kappa shape index (κ1) is 24.3. The fourth-order valence-corrected chi connectivity index (χ4v) is 4.20. The molecule has 178 valence electrons. The number of carboxylic acid groups (broad SMARTS) is 1. The van der Waals surface area contributed by atoms with E-state index in [4.69, 9.17) is 19.4 Å². The maximum absolute atomic E-state index is 11.8. The smallest absolute Gasteiger partial charge is 0.490 e. The van der Waals surface area contributed by atoms with Crippen LogP contribution in [0.15, 0.2) is 24.3 Å². The molecule has 0 spiro atoms. The average molecular weight is 458 g/mol. The van der Waals surface area contributed by atoms with E-state index in [1.807, 2.05) is 12.1 Å². The highest BCUT2D eigenvalue weighted by Crippen LogP contribution is 2.35. The highest BCUT2D eigenvalue weighted by atomic mass is 19.4. The fourth-order valence-electron chi connectivity index (χ4n) is 4.20. The number of alkyl halides is 3. The van der Waals surface area contributed by atoms with Crippen LogP contribution in [0.5, 0.6) is 5.75 Å². The van der Waals surface area contributed by atoms with E-state index in [2.05, 4.69) is 22.3 Å². The Labute approximate surface area is 184 Å². The minimum Gasteiger partial charge on any atom is -0.497 e. The molecule has 0 radical (unpaired) electrons. The van der Waals surface area contributed by atoms with Crippen LogP contribution in [0, 0.1) is 17.8 Å². The molecule has 2 saturated heterocycles. The Balaban J connectivity index is 0.000000360. The third-order valence-corrected chi connectivity index (χ3v) is 6.11. The Morgan fingerprint density at radius 1 is 1.22 bits per heavy atom. The van der Waals surface area contributed by atoms with Crippen molar-refractivity contribution in [3.8, 4) is 5.75 Å². The summed E-state index contributed by atoms with van der Waals surface area (Å²) in [6.45, 7) is 4.69. The van der Waals surface area contributed by atoms with Crippen LogP contribution in [0.3, 0.4) is 0 Å². The Hall–Kier alpha value is -2.33. The van der Waals surface area contributed by atoms with Gasteiger partial charge < -0.3 is 19.9 Å². The van der Waals surface area contributed by atoms with Crippen molar-refractivity contribution in [2.45, 2.75) is 38.1 Å². The van der Waals surface area contributed by atoms with Gasteiger partial charge in [0.05, 0.1) is 19.8 Å². The number of benzene rings is 1. The van der Waals surface area contributed by atoms with E-state index in [9.17, 15) is 18.0 Å². The van der Waals surface area contributed by atoms with Gasteiger partial charge in [-0.1, -0.05) is 12.1 Å². The molecule has 1 amide bonds. The van der Waals surface area contributed by atoms with Gasteiger partial charge in [-0.25, -0.2) is 4.79 Å². The third kappa shape index (κ3) is 6.83. The minimum atomic E-state index is -5.08. The van der Waals surface area contributed by atoms with Crippen LogP contribution in [0.2, 0.25) is 0 Å². The number of hydrogen-bond donors (Lipinski definition) is 2. The summed E-state index contributed by atoms with van der Waals surface area (Å²) in [4.78, 5) is 23.3. The van der Waals surface area contributed by atoms with E-state index >= 15 is 0 Å². The predicted octanol–water partition coefficient (Wildman–Crippen LogP) is 2.69. The van der Waals surface area contributed by atoms with Gasteiger partial charge in [-0.05, 0) is 49.4 Å². The lowest BCUT2D eigenvalue weighted by atomic mass is 9.84. The van der Waals surface area contributed by atoms with Gasteiger partial charge in [0.1, 0.15) is 5.75 Å². The molecule has 2 heterocycles. The second kappa shape index (κ2) is 10.5. The number of amides is 1. The first-order chi connectivity index (χ1) is 15.2. The highest BCUT2D eigenvalue weighted by molar-refractivity contribution is 5.80. The van der Waals surface area contributed by atoms with Crippen LogP contribution in [-0.2, 0) is 20.9 Å². The quantitative estimate of drug-likeness (QED) is 0.682. The Bertz CT molecular complexity index is 783. The summed E-state index contributed by atoms with van der Waals surface area (Å²) in [6, 6.07) is 8.34. The number of carbonyl (C=O) groups excluding carboxylic acids is 1. The van der Waals surface area contributed by atoms with Crippen LogP contribution in [0.4, 0.5) is 13.2 Å². The Morgan fingerprint density at radius 2 is 1.88 bits per heavy atom. The van der Waals surface area contributed by atoms with Gasteiger partial charge in [-0.2, -0.15) is 13.2 Å². The van der Waals surface area contributed by atoms with E-state index in [1.54, 1.807) is 7.11 Å². The molecule has 1 aromatic carbocycles. The number of halogens is 3. The zero-order chi connectivity index (χ0) is 23.3. The second-order valence-electron chi connectivity index (χ2n) is 8.49. The van der Waals surface area contributed by atoms with Gasteiger partial charge in [-0.3, -0.25) is 9.69 Å². The van der Waals surface area contributed by atoms with Crippen molar-refractivity contribution >= 4 is 11.9 Å². The number of nitrogens with one attached hydrogen (secondary N) is 1. The Morgan fingerprint density at radius 3 is 2.44 bits per heavy atom. The highest BCUT2D eigenvalue weighted by Gasteiger charge is 2.41. The number of methoxy groups -OCH3 is 1. The van der Waals surface area contributed by atoms with Gasteiger partial charge in [-0.15, -0.1) is 0 Å². The number of aliphatic carboxylic acids is 1. The maximum Gasteiger partial charge on any atom is 0.490 e. The van der Waals surface area contributed by atoms with E-state index in [1.165, 1.54) is 5.56 Å². The molecular weight excluding hydrogens is 429 g/mol. The van der Waals surface area contributed by atoms with Crippen LogP contribution >= 0.6 is 0 Å². The largest absolute Gasteiger partial charge is 0.497 e. The number of hydrogen-bond acceptors (Lipinski definition) is 5. The molecule has 3 fully saturated rings. The molecule has 32 heavy (non-hydrogen) atoms. The summed E-state index contributed by atoms with van der Waals surface area (Å²) < 4.78 is 43.0. The molecule has 1 aromatic rings. The number of piperidine rings is 1. The number of carbonyl (C=O) groups is 2. The summed E-state index contributed by atoms with van der Waals surface area (Å²) in [7, 11) is 1.70. The molecule has 4 rings (SSSR count). The van der Waals surface area contributed by atoms with Gasteiger partial charge in [0, 0.05) is 31.5 Å². The lowest BCUT2D eigenvalue weighted by Gasteiger charge is -2.35. The molecule has 7 nitrogen and oxygen atoms in total. The second-order valence-corrected chi connectivity index (χ2v) is 8.49. The monoisotopic (exact) mass is 458 g/mol. The SMILES string of the molecule is COc1ccc(CN2CC[C@H]3[C@H](CO[C@H]3CNC(=O)C3CC3)C2)cc1.O=C(O)C(F)(F)F. The van der Waals surface area contributed by atoms with Gasteiger partial charge >= 0.3 is 12.1 Å². The average Bonchev–Trinajstić information content (AvgIpc) is 3.53. The fraction of sp³-hybridized carbons (Fsp3) is 0.636. The summed E-state index contributed by atoms with van der Waals surface area (Å²) in [6.07, 6.45) is -1.60. The molecule has 10 heteroatoms. The molecule has 3 aliphatic rings. The number of likely N-dealkylation sites (tertiary alicyclic amines) is 1. The Kier molecular flexibility index (Phi) is 8.00. The van der Waals surface area contributed by atoms with Crippen LogP contribution < -0.4 is 10.1 Å². The summed E-state index contributed by atoms with van der Waals surface area (Å²) >= 11 is 0. The van der Waals surface area contributed by atoms with Gasteiger partial charge in [0.2, 0.25) is 5.91 Å². The zero-order valence-electron chi connectivity index (χ0n) is 17.9. The topological polar surface area (TPSA) is 88.1 Å². The number of ether oxygens (including phenoxy) is 2. The first-order valence-corrected chi connectivity index (χ1v) is 10.7. The van der Waals surface area contributed by atoms with Crippen molar-refractivity contribution in [3.05, 3.63) is 29.8 Å². The summed E-state index contributed by atoms with van der Waals surface area (Å²) in [5.74, 6) is -0.163. The van der Waals surface area contributed by atoms with E-state index in [0.717, 1.165) is 51.3 Å². The van der Waals surface area contributed by atoms with E-state index < -0.39 is 12.1 Å². The summed E-state index contributed by atoms with van der Waals surface area (Å²) in [5, 5.41) is 10.2. The van der Waals surface area contributed by atoms with Crippen molar-refractivity contribution in [1.29, 1.82) is 0 Å². The van der Waals surface area contributed by atoms with Crippen molar-refractivity contribution in [3.63, 3.8) is 0 Å². The standard InChI is InChI=1S/C20H28N2O3.C2HF3O2/c1-24-17-6-2-14(3-7-17)11-22-9-8-18-16(12-22)13-25-19(18)10-21-20(23)15-4-5-15;3-2(4,5)1(6)7/h2-3,6-7,15-16,18-19H,4-5,8-13H2,1H3,(H,21,23);(H,6,7)/t16-,18-,19-;/m0./s1. The zero-order valence-corrected chi connectivity index (χ0v) is 17.9. The minimum absolute atomic E-state index is 0.204. The van der Waals surface area contributed by atoms with Crippen molar-refractivity contribution in [1.82, 2.24) is 10.2 Å². The maximum atomic E-state index is 11.8. The number of rotatable bonds is 6. The predicted molar refractivity (Wildman–Crippen MR) is 109 cm³/mol. The van der Waals surface area contributed by atoms with Crippen molar-refractivity contribution < 1.29 is 37.3 Å². The first-order valence-electron chi connectivity index (χ1n) is 10.7. The molecule has 0 unspecified atom stereocenters. The van der Waals surface area contributed by atoms with E-state index in [-0.39, 0.29) is 17.9 Å². The molecule has 3 atom stereocenters. The number of fused-ring (bicyclic) bond motifs is 1. The van der Waals surface area contributed by atoms with Crippen molar-refractivity contribution in [2.24, 2.45) is 17.8 Å². The lowest BCUT2D eigenvalue weighted by molar-refractivity contribution is -0.192. The normalized spacial score (nSPS) is 25.3. The molecule has 2 N–H and O–H groups in total. The van der Waals surface area contributed by atoms with Gasteiger partial charge in [0.15, 0.2) is 0 Å². The van der Waals surface area contributed by atoms with Crippen LogP contribution in [-0.4, -0.2) is 67.5 Å². The van der Waals surface area contributed by atoms with E-state index in [0.29, 0.717) is 18.4 Å². The molecule has 2 aliphatic heterocycles. The van der Waals surface area contributed by atoms with Crippen LogP contribution in [0.25, 0.3) is 0 Å². The molecule has 1 saturated carbocycles. The molecular formula is C22H29F3N2O5.